The zero-order valence-corrected chi connectivity index (χ0v) is 17.5. The highest BCUT2D eigenvalue weighted by molar-refractivity contribution is 5.94. The molecule has 5 nitrogen and oxygen atoms in total. The fourth-order valence-electron chi connectivity index (χ4n) is 2.61. The van der Waals surface area contributed by atoms with Crippen LogP contribution in [0.4, 0.5) is 0 Å². The van der Waals surface area contributed by atoms with Gasteiger partial charge in [-0.25, -0.2) is 0 Å². The van der Waals surface area contributed by atoms with Crippen LogP contribution >= 0.6 is 0 Å². The maximum atomic E-state index is 12.5. The molecule has 28 heavy (non-hydrogen) atoms. The highest BCUT2D eigenvalue weighted by Gasteiger charge is 2.10. The van der Waals surface area contributed by atoms with Gasteiger partial charge < -0.3 is 19.5 Å². The standard InChI is InChI=1S/C23H31NO4/c1-16(2)11-12-27-21-10-9-18(13-22(21)26-5)15-24-23(25)19-7-6-8-20(14-19)28-17(3)4/h6-10,13-14,16-17H,11-12,15H2,1-5H3,(H,24,25). The Kier molecular flexibility index (Phi) is 8.18. The molecule has 0 aliphatic heterocycles. The molecule has 0 heterocycles. The number of rotatable bonds is 10. The first-order chi connectivity index (χ1) is 13.4. The molecule has 0 unspecified atom stereocenters. The van der Waals surface area contributed by atoms with Crippen molar-refractivity contribution < 1.29 is 19.0 Å². The number of carbonyl (C=O) groups excluding carboxylic acids is 1. The Morgan fingerprint density at radius 3 is 2.50 bits per heavy atom. The number of hydrogen-bond acceptors (Lipinski definition) is 4. The number of ether oxygens (including phenoxy) is 3. The first kappa shape index (κ1) is 21.6. The number of amides is 1. The molecule has 0 aliphatic rings. The SMILES string of the molecule is COc1cc(CNC(=O)c2cccc(OC(C)C)c2)ccc1OCCC(C)C. The van der Waals surface area contributed by atoms with Gasteiger partial charge in [-0.15, -0.1) is 0 Å². The Morgan fingerprint density at radius 2 is 1.82 bits per heavy atom. The van der Waals surface area contributed by atoms with Gasteiger partial charge in [-0.2, -0.15) is 0 Å². The van der Waals surface area contributed by atoms with Gasteiger partial charge in [0.1, 0.15) is 5.75 Å². The van der Waals surface area contributed by atoms with E-state index in [1.807, 2.05) is 44.2 Å². The van der Waals surface area contributed by atoms with E-state index in [-0.39, 0.29) is 12.0 Å². The molecule has 0 atom stereocenters. The van der Waals surface area contributed by atoms with Crippen molar-refractivity contribution in [2.45, 2.75) is 46.8 Å². The van der Waals surface area contributed by atoms with Gasteiger partial charge in [0, 0.05) is 12.1 Å². The second-order valence-electron chi connectivity index (χ2n) is 7.39. The van der Waals surface area contributed by atoms with Gasteiger partial charge in [0.25, 0.3) is 5.91 Å². The summed E-state index contributed by atoms with van der Waals surface area (Å²) < 4.78 is 16.9. The normalized spacial score (nSPS) is 10.8. The molecular formula is C23H31NO4. The molecule has 152 valence electrons. The molecule has 1 N–H and O–H groups in total. The molecule has 1 amide bonds. The molecule has 5 heteroatoms. The number of hydrogen-bond donors (Lipinski definition) is 1. The van der Waals surface area contributed by atoms with E-state index in [2.05, 4.69) is 19.2 Å². The second kappa shape index (κ2) is 10.6. The fourth-order valence-corrected chi connectivity index (χ4v) is 2.61. The summed E-state index contributed by atoms with van der Waals surface area (Å²) in [6.07, 6.45) is 1.05. The Balaban J connectivity index is 1.97. The monoisotopic (exact) mass is 385 g/mol. The zero-order valence-electron chi connectivity index (χ0n) is 17.5. The molecule has 0 radical (unpaired) electrons. The van der Waals surface area contributed by atoms with E-state index in [0.717, 1.165) is 17.7 Å². The summed E-state index contributed by atoms with van der Waals surface area (Å²) >= 11 is 0. The van der Waals surface area contributed by atoms with Gasteiger partial charge in [-0.1, -0.05) is 26.0 Å². The Labute approximate surface area is 168 Å². The summed E-state index contributed by atoms with van der Waals surface area (Å²) in [5.41, 5.74) is 1.51. The van der Waals surface area contributed by atoms with Gasteiger partial charge in [-0.05, 0) is 62.1 Å². The van der Waals surface area contributed by atoms with Crippen LogP contribution < -0.4 is 19.5 Å². The third-order valence-corrected chi connectivity index (χ3v) is 4.10. The minimum atomic E-state index is -0.148. The molecule has 0 spiro atoms. The molecule has 0 bridgehead atoms. The quantitative estimate of drug-likeness (QED) is 0.636. The number of benzene rings is 2. The molecule has 2 aromatic rings. The maximum absolute atomic E-state index is 12.5. The van der Waals surface area contributed by atoms with Crippen molar-refractivity contribution in [3.63, 3.8) is 0 Å². The lowest BCUT2D eigenvalue weighted by Crippen LogP contribution is -2.22. The van der Waals surface area contributed by atoms with Crippen molar-refractivity contribution in [2.75, 3.05) is 13.7 Å². The van der Waals surface area contributed by atoms with E-state index in [1.165, 1.54) is 0 Å². The van der Waals surface area contributed by atoms with Crippen LogP contribution in [0.15, 0.2) is 42.5 Å². The highest BCUT2D eigenvalue weighted by Crippen LogP contribution is 2.28. The van der Waals surface area contributed by atoms with Crippen LogP contribution in [0.5, 0.6) is 17.2 Å². The van der Waals surface area contributed by atoms with Gasteiger partial charge in [0.2, 0.25) is 0 Å². The van der Waals surface area contributed by atoms with Gasteiger partial charge in [0.05, 0.1) is 19.8 Å². The minimum absolute atomic E-state index is 0.0621. The molecule has 0 saturated heterocycles. The van der Waals surface area contributed by atoms with E-state index >= 15 is 0 Å². The third kappa shape index (κ3) is 6.80. The smallest absolute Gasteiger partial charge is 0.251 e. The summed E-state index contributed by atoms with van der Waals surface area (Å²) in [6.45, 7) is 9.29. The fraction of sp³-hybridized carbons (Fsp3) is 0.435. The van der Waals surface area contributed by atoms with E-state index < -0.39 is 0 Å². The topological polar surface area (TPSA) is 56.8 Å². The van der Waals surface area contributed by atoms with E-state index in [0.29, 0.717) is 36.1 Å². The van der Waals surface area contributed by atoms with E-state index in [4.69, 9.17) is 14.2 Å². The third-order valence-electron chi connectivity index (χ3n) is 4.10. The van der Waals surface area contributed by atoms with Gasteiger partial charge >= 0.3 is 0 Å². The Bertz CT molecular complexity index is 771. The summed E-state index contributed by atoms with van der Waals surface area (Å²) in [4.78, 5) is 12.5. The Morgan fingerprint density at radius 1 is 1.04 bits per heavy atom. The van der Waals surface area contributed by atoms with Crippen LogP contribution in [0.2, 0.25) is 0 Å². The predicted molar refractivity (Wildman–Crippen MR) is 111 cm³/mol. The zero-order chi connectivity index (χ0) is 20.5. The van der Waals surface area contributed by atoms with Crippen LogP contribution in [0.3, 0.4) is 0 Å². The molecule has 0 saturated carbocycles. The lowest BCUT2D eigenvalue weighted by Gasteiger charge is -2.14. The summed E-state index contributed by atoms with van der Waals surface area (Å²) in [7, 11) is 1.62. The summed E-state index contributed by atoms with van der Waals surface area (Å²) in [5, 5.41) is 2.93. The van der Waals surface area contributed by atoms with Crippen molar-refractivity contribution in [3.05, 3.63) is 53.6 Å². The van der Waals surface area contributed by atoms with Crippen molar-refractivity contribution in [3.8, 4) is 17.2 Å². The molecule has 0 aliphatic carbocycles. The van der Waals surface area contributed by atoms with Gasteiger partial charge in [-0.3, -0.25) is 4.79 Å². The van der Waals surface area contributed by atoms with Crippen LogP contribution in [-0.4, -0.2) is 25.7 Å². The molecule has 2 aromatic carbocycles. The van der Waals surface area contributed by atoms with Gasteiger partial charge in [0.15, 0.2) is 11.5 Å². The van der Waals surface area contributed by atoms with Crippen molar-refractivity contribution >= 4 is 5.91 Å². The van der Waals surface area contributed by atoms with Crippen molar-refractivity contribution in [1.29, 1.82) is 0 Å². The van der Waals surface area contributed by atoms with E-state index in [1.54, 1.807) is 19.2 Å². The largest absolute Gasteiger partial charge is 0.493 e. The molecule has 2 rings (SSSR count). The van der Waals surface area contributed by atoms with Crippen molar-refractivity contribution in [1.82, 2.24) is 5.32 Å². The summed E-state index contributed by atoms with van der Waals surface area (Å²) in [6, 6.07) is 12.9. The van der Waals surface area contributed by atoms with Crippen molar-refractivity contribution in [2.24, 2.45) is 5.92 Å². The predicted octanol–water partition coefficient (Wildman–Crippen LogP) is 4.84. The lowest BCUT2D eigenvalue weighted by atomic mass is 10.1. The minimum Gasteiger partial charge on any atom is -0.493 e. The first-order valence-corrected chi connectivity index (χ1v) is 9.73. The molecule has 0 fully saturated rings. The molecular weight excluding hydrogens is 354 g/mol. The average molecular weight is 386 g/mol. The number of nitrogens with one attached hydrogen (secondary N) is 1. The van der Waals surface area contributed by atoms with E-state index in [9.17, 15) is 4.79 Å². The first-order valence-electron chi connectivity index (χ1n) is 9.73. The maximum Gasteiger partial charge on any atom is 0.251 e. The highest BCUT2D eigenvalue weighted by atomic mass is 16.5. The number of methoxy groups -OCH3 is 1. The summed E-state index contributed by atoms with van der Waals surface area (Å²) in [5.74, 6) is 2.52. The van der Waals surface area contributed by atoms with Crippen LogP contribution in [0.25, 0.3) is 0 Å². The molecule has 0 aromatic heterocycles. The van der Waals surface area contributed by atoms with Crippen LogP contribution in [0.1, 0.15) is 50.0 Å². The Hall–Kier alpha value is -2.69. The van der Waals surface area contributed by atoms with Crippen LogP contribution in [0, 0.1) is 5.92 Å². The lowest BCUT2D eigenvalue weighted by molar-refractivity contribution is 0.0950. The number of carbonyl (C=O) groups is 1. The average Bonchev–Trinajstić information content (AvgIpc) is 2.66. The second-order valence-corrected chi connectivity index (χ2v) is 7.39. The van der Waals surface area contributed by atoms with Crippen LogP contribution in [-0.2, 0) is 6.54 Å².